The van der Waals surface area contributed by atoms with Gasteiger partial charge in [-0.25, -0.2) is 0 Å². The normalized spacial score (nSPS) is 15.9. The van der Waals surface area contributed by atoms with E-state index in [2.05, 4.69) is 96.1 Å². The smallest absolute Gasteiger partial charge is 0.120 e. The van der Waals surface area contributed by atoms with Crippen LogP contribution in [0.4, 0.5) is 0 Å². The van der Waals surface area contributed by atoms with Crippen LogP contribution in [-0.2, 0) is 0 Å². The first kappa shape index (κ1) is 22.8. The second kappa shape index (κ2) is 14.2. The van der Waals surface area contributed by atoms with Crippen LogP contribution in [0.15, 0.2) is 63.3 Å². The van der Waals surface area contributed by atoms with E-state index in [1.54, 1.807) is 0 Å². The Morgan fingerprint density at radius 3 is 2.57 bits per heavy atom. The predicted octanol–water partition coefficient (Wildman–Crippen LogP) is 6.37. The molecule has 1 atom stereocenters. The summed E-state index contributed by atoms with van der Waals surface area (Å²) in [7, 11) is 0. The minimum absolute atomic E-state index is 0.0152. The molecule has 23 heavy (non-hydrogen) atoms. The summed E-state index contributed by atoms with van der Waals surface area (Å²) in [6, 6.07) is 0. The second-order valence-electron chi connectivity index (χ2n) is 5.40. The molecule has 2 nitrogen and oxygen atoms in total. The van der Waals surface area contributed by atoms with Crippen molar-refractivity contribution in [3.05, 3.63) is 58.3 Å². The van der Waals surface area contributed by atoms with Crippen molar-refractivity contribution in [2.75, 3.05) is 6.54 Å². The van der Waals surface area contributed by atoms with E-state index in [1.807, 2.05) is 29.2 Å². The molecule has 0 saturated heterocycles. The monoisotopic (exact) mass is 538 g/mol. The van der Waals surface area contributed by atoms with Crippen LogP contribution in [0.1, 0.15) is 34.1 Å². The molecule has 0 spiro atoms. The Balaban J connectivity index is 5.02. The third-order valence-corrected chi connectivity index (χ3v) is 4.72. The van der Waals surface area contributed by atoms with Crippen molar-refractivity contribution in [1.29, 1.82) is 0 Å². The van der Waals surface area contributed by atoms with Gasteiger partial charge in [-0.3, -0.25) is 10.3 Å². The first-order valence-corrected chi connectivity index (χ1v) is 10.1. The number of hydrogen-bond acceptors (Lipinski definition) is 2. The molecule has 0 rings (SSSR count). The SMILES string of the molecule is C=CC/C=C(/CNC(/C=C/I)/N=C(I)/C(C)=C/C=C\C)C(C)C. The molecule has 0 bridgehead atoms. The summed E-state index contributed by atoms with van der Waals surface area (Å²) in [6.45, 7) is 13.2. The van der Waals surface area contributed by atoms with Crippen LogP contribution in [0.5, 0.6) is 0 Å². The fourth-order valence-corrected chi connectivity index (χ4v) is 2.60. The van der Waals surface area contributed by atoms with Gasteiger partial charge in [0, 0.05) is 6.54 Å². The maximum atomic E-state index is 4.78. The molecule has 1 unspecified atom stereocenters. The van der Waals surface area contributed by atoms with Gasteiger partial charge in [-0.1, -0.05) is 72.4 Å². The summed E-state index contributed by atoms with van der Waals surface area (Å²) in [5, 5.41) is 3.52. The first-order valence-electron chi connectivity index (χ1n) is 7.79. The van der Waals surface area contributed by atoms with Crippen molar-refractivity contribution >= 4 is 48.9 Å². The molecule has 0 radical (unpaired) electrons. The van der Waals surface area contributed by atoms with Crippen LogP contribution in [0.25, 0.3) is 0 Å². The molecule has 0 fully saturated rings. The molecule has 4 heteroatoms. The van der Waals surface area contributed by atoms with Gasteiger partial charge < -0.3 is 0 Å². The molecule has 1 N–H and O–H groups in total. The van der Waals surface area contributed by atoms with Gasteiger partial charge in [-0.05, 0) is 64.5 Å². The van der Waals surface area contributed by atoms with Crippen LogP contribution in [0.2, 0.25) is 0 Å². The van der Waals surface area contributed by atoms with E-state index in [1.165, 1.54) is 11.1 Å². The van der Waals surface area contributed by atoms with Crippen molar-refractivity contribution in [3.63, 3.8) is 0 Å². The van der Waals surface area contributed by atoms with Gasteiger partial charge in [0.2, 0.25) is 0 Å². The Labute approximate surface area is 169 Å². The van der Waals surface area contributed by atoms with Gasteiger partial charge >= 0.3 is 0 Å². The second-order valence-corrected chi connectivity index (χ2v) is 7.14. The van der Waals surface area contributed by atoms with Crippen molar-refractivity contribution in [2.24, 2.45) is 10.9 Å². The lowest BCUT2D eigenvalue weighted by molar-refractivity contribution is 0.610. The molecular weight excluding hydrogens is 510 g/mol. The van der Waals surface area contributed by atoms with Gasteiger partial charge in [0.15, 0.2) is 0 Å². The summed E-state index contributed by atoms with van der Waals surface area (Å²) in [5.41, 5.74) is 2.56. The van der Waals surface area contributed by atoms with Crippen LogP contribution in [0, 0.1) is 5.92 Å². The number of allylic oxidation sites excluding steroid dienone is 6. The average molecular weight is 538 g/mol. The van der Waals surface area contributed by atoms with Crippen LogP contribution >= 0.6 is 45.2 Å². The zero-order valence-corrected chi connectivity index (χ0v) is 18.8. The zero-order chi connectivity index (χ0) is 17.7. The zero-order valence-electron chi connectivity index (χ0n) is 14.5. The van der Waals surface area contributed by atoms with Gasteiger partial charge in [0.25, 0.3) is 0 Å². The number of hydrogen-bond donors (Lipinski definition) is 1. The van der Waals surface area contributed by atoms with E-state index >= 15 is 0 Å². The standard InChI is InChI=1S/C19H28I2N2/c1-6-8-10-16(5)19(21)23-18(12-13-20)22-14-17(15(3)4)11-9-7-2/h6-8,10-13,15,18,22H,2,9,14H2,1,3-5H3/b8-6-,13-12+,16-10+,17-11-,23-19-. The fourth-order valence-electron chi connectivity index (χ4n) is 1.73. The minimum Gasteiger partial charge on any atom is -0.289 e. The number of aliphatic imine (C=N–C) groups is 1. The fraction of sp³-hybridized carbons (Fsp3) is 0.421. The summed E-state index contributed by atoms with van der Waals surface area (Å²) in [5.74, 6) is 0.519. The maximum Gasteiger partial charge on any atom is 0.120 e. The third kappa shape index (κ3) is 11.1. The number of rotatable bonds is 10. The van der Waals surface area contributed by atoms with Crippen LogP contribution in [0.3, 0.4) is 0 Å². The lowest BCUT2D eigenvalue weighted by Crippen LogP contribution is -2.29. The van der Waals surface area contributed by atoms with E-state index in [-0.39, 0.29) is 6.17 Å². The van der Waals surface area contributed by atoms with Crippen LogP contribution in [-0.4, -0.2) is 16.4 Å². The molecule has 0 aliphatic heterocycles. The van der Waals surface area contributed by atoms with Crippen LogP contribution < -0.4 is 5.32 Å². The number of halogens is 2. The molecule has 0 aliphatic carbocycles. The van der Waals surface area contributed by atoms with E-state index in [0.717, 1.165) is 16.7 Å². The molecule has 0 heterocycles. The number of nitrogens with zero attached hydrogens (tertiary/aromatic N) is 1. The molecule has 0 aromatic heterocycles. The summed E-state index contributed by atoms with van der Waals surface area (Å²) >= 11 is 4.54. The Bertz CT molecular complexity index is 497. The van der Waals surface area contributed by atoms with E-state index in [0.29, 0.717) is 5.92 Å². The molecule has 0 aliphatic rings. The highest BCUT2D eigenvalue weighted by molar-refractivity contribution is 14.1. The average Bonchev–Trinajstić information content (AvgIpc) is 2.52. The van der Waals surface area contributed by atoms with Gasteiger partial charge in [-0.2, -0.15) is 0 Å². The summed E-state index contributed by atoms with van der Waals surface area (Å²) in [6.07, 6.45) is 13.3. The van der Waals surface area contributed by atoms with E-state index in [9.17, 15) is 0 Å². The predicted molar refractivity (Wildman–Crippen MR) is 123 cm³/mol. The highest BCUT2D eigenvalue weighted by atomic mass is 127. The van der Waals surface area contributed by atoms with Gasteiger partial charge in [0.1, 0.15) is 9.88 Å². The molecule has 0 amide bonds. The quantitative estimate of drug-likeness (QED) is 0.149. The summed E-state index contributed by atoms with van der Waals surface area (Å²) in [4.78, 5) is 4.78. The van der Waals surface area contributed by atoms with Crippen molar-refractivity contribution in [3.8, 4) is 0 Å². The Morgan fingerprint density at radius 2 is 2.04 bits per heavy atom. The topological polar surface area (TPSA) is 24.4 Å². The third-order valence-electron chi connectivity index (χ3n) is 3.18. The molecule has 0 aromatic carbocycles. The largest absolute Gasteiger partial charge is 0.289 e. The van der Waals surface area contributed by atoms with Gasteiger partial charge in [-0.15, -0.1) is 6.58 Å². The lowest BCUT2D eigenvalue weighted by atomic mass is 10.0. The molecule has 0 saturated carbocycles. The van der Waals surface area contributed by atoms with E-state index in [4.69, 9.17) is 4.99 Å². The highest BCUT2D eigenvalue weighted by Crippen LogP contribution is 2.12. The first-order chi connectivity index (χ1) is 11.0. The van der Waals surface area contributed by atoms with Crippen molar-refractivity contribution < 1.29 is 0 Å². The van der Waals surface area contributed by atoms with Crippen molar-refractivity contribution in [2.45, 2.75) is 40.3 Å². The molecule has 128 valence electrons. The summed E-state index contributed by atoms with van der Waals surface area (Å²) < 4.78 is 3.03. The number of nitrogens with one attached hydrogen (secondary N) is 1. The Hall–Kier alpha value is -0.210. The minimum atomic E-state index is -0.0152. The Morgan fingerprint density at radius 1 is 1.35 bits per heavy atom. The molecule has 0 aromatic rings. The maximum absolute atomic E-state index is 4.78. The van der Waals surface area contributed by atoms with Gasteiger partial charge in [0.05, 0.1) is 0 Å². The lowest BCUT2D eigenvalue weighted by Gasteiger charge is -2.16. The van der Waals surface area contributed by atoms with Crippen molar-refractivity contribution in [1.82, 2.24) is 5.32 Å². The van der Waals surface area contributed by atoms with E-state index < -0.39 is 0 Å². The molecular formula is C19H28I2N2. The Kier molecular flexibility index (Phi) is 14.0. The highest BCUT2D eigenvalue weighted by Gasteiger charge is 2.08.